The second kappa shape index (κ2) is 14.7. The van der Waals surface area contributed by atoms with Gasteiger partial charge < -0.3 is 29.6 Å². The number of aliphatic imine (C=N–C) groups is 1. The maximum absolute atomic E-state index is 12.2. The second-order valence-electron chi connectivity index (χ2n) is 9.92. The van der Waals surface area contributed by atoms with E-state index in [1.54, 1.807) is 53.7 Å². The topological polar surface area (TPSA) is 154 Å². The molecule has 0 saturated carbocycles. The largest absolute Gasteiger partial charge is 0.467 e. The van der Waals surface area contributed by atoms with Crippen molar-refractivity contribution in [2.45, 2.75) is 78.2 Å². The zero-order valence-electron chi connectivity index (χ0n) is 22.5. The van der Waals surface area contributed by atoms with Crippen LogP contribution in [-0.4, -0.2) is 61.1 Å². The van der Waals surface area contributed by atoms with Crippen LogP contribution in [0.5, 0.6) is 0 Å². The number of carbonyl (C=O) groups is 4. The highest BCUT2D eigenvalue weighted by molar-refractivity contribution is 5.98. The fourth-order valence-electron chi connectivity index (χ4n) is 2.70. The van der Waals surface area contributed by atoms with E-state index in [9.17, 15) is 19.2 Å². The SMILES string of the molecule is COC(=O)[C@H](CCCN/C(=N/C(=O)OC(C)(C)C)NC(=O)OC(C)(C)C)NC(=O)OCc1ccccc1. The number of esters is 1. The molecule has 0 spiro atoms. The summed E-state index contributed by atoms with van der Waals surface area (Å²) >= 11 is 0. The van der Waals surface area contributed by atoms with E-state index in [2.05, 4.69) is 20.9 Å². The standard InChI is InChI=1S/C25H38N4O8/c1-24(2,3)36-22(32)28-20(29-23(33)37-25(4,5)6)26-15-11-14-18(19(30)34-7)27-21(31)35-16-17-12-9-8-10-13-17/h8-10,12-13,18H,11,14-16H2,1-7H3,(H,27,31)(H2,26,28,29,32,33)/t18-/m0/s1. The summed E-state index contributed by atoms with van der Waals surface area (Å²) in [6.45, 7) is 10.3. The molecule has 1 aromatic rings. The minimum Gasteiger partial charge on any atom is -0.467 e. The molecule has 0 radical (unpaired) electrons. The van der Waals surface area contributed by atoms with Gasteiger partial charge in [-0.15, -0.1) is 4.99 Å². The maximum atomic E-state index is 12.2. The Balaban J connectivity index is 2.71. The molecule has 206 valence electrons. The number of alkyl carbamates (subject to hydrolysis) is 2. The zero-order chi connectivity index (χ0) is 28.1. The average Bonchev–Trinajstić information content (AvgIpc) is 2.77. The molecule has 3 N–H and O–H groups in total. The first-order valence-corrected chi connectivity index (χ1v) is 11.8. The van der Waals surface area contributed by atoms with Crippen molar-refractivity contribution in [2.24, 2.45) is 4.99 Å². The normalized spacial score (nSPS) is 12.6. The lowest BCUT2D eigenvalue weighted by molar-refractivity contribution is -0.143. The van der Waals surface area contributed by atoms with Crippen molar-refractivity contribution < 1.29 is 38.1 Å². The third-order valence-electron chi connectivity index (χ3n) is 4.17. The monoisotopic (exact) mass is 522 g/mol. The van der Waals surface area contributed by atoms with E-state index in [0.717, 1.165) is 5.56 Å². The Morgan fingerprint density at radius 1 is 0.919 bits per heavy atom. The summed E-state index contributed by atoms with van der Waals surface area (Å²) in [5.41, 5.74) is -0.757. The molecule has 12 heteroatoms. The number of amides is 3. The predicted molar refractivity (Wildman–Crippen MR) is 136 cm³/mol. The molecular weight excluding hydrogens is 484 g/mol. The Kier molecular flexibility index (Phi) is 12.4. The summed E-state index contributed by atoms with van der Waals surface area (Å²) in [5, 5.41) is 7.66. The van der Waals surface area contributed by atoms with E-state index in [1.807, 2.05) is 18.2 Å². The molecule has 0 aromatic heterocycles. The van der Waals surface area contributed by atoms with Crippen LogP contribution in [-0.2, 0) is 30.3 Å². The molecule has 0 saturated heterocycles. The maximum Gasteiger partial charge on any atom is 0.437 e. The van der Waals surface area contributed by atoms with Gasteiger partial charge in [0, 0.05) is 6.54 Å². The van der Waals surface area contributed by atoms with Crippen molar-refractivity contribution >= 4 is 30.2 Å². The lowest BCUT2D eigenvalue weighted by Gasteiger charge is -2.21. The third-order valence-corrected chi connectivity index (χ3v) is 4.17. The molecule has 3 amide bonds. The quantitative estimate of drug-likeness (QED) is 0.153. The van der Waals surface area contributed by atoms with Crippen LogP contribution in [0.25, 0.3) is 0 Å². The molecule has 0 unspecified atom stereocenters. The summed E-state index contributed by atoms with van der Waals surface area (Å²) in [6.07, 6.45) is -2.01. The fourth-order valence-corrected chi connectivity index (χ4v) is 2.70. The molecule has 1 rings (SSSR count). The molecular formula is C25H38N4O8. The summed E-state index contributed by atoms with van der Waals surface area (Å²) in [7, 11) is 1.21. The Labute approximate surface area is 217 Å². The number of benzene rings is 1. The number of methoxy groups -OCH3 is 1. The van der Waals surface area contributed by atoms with E-state index in [-0.39, 0.29) is 25.5 Å². The van der Waals surface area contributed by atoms with E-state index in [1.165, 1.54) is 7.11 Å². The third kappa shape index (κ3) is 15.0. The number of nitrogens with one attached hydrogen (secondary N) is 3. The number of carbonyl (C=O) groups excluding carboxylic acids is 4. The highest BCUT2D eigenvalue weighted by Crippen LogP contribution is 2.09. The summed E-state index contributed by atoms with van der Waals surface area (Å²) in [5.74, 6) is -0.834. The van der Waals surface area contributed by atoms with Crippen molar-refractivity contribution in [3.05, 3.63) is 35.9 Å². The molecule has 0 aliphatic rings. The van der Waals surface area contributed by atoms with Crippen molar-refractivity contribution in [2.75, 3.05) is 13.7 Å². The molecule has 12 nitrogen and oxygen atoms in total. The molecule has 37 heavy (non-hydrogen) atoms. The zero-order valence-corrected chi connectivity index (χ0v) is 22.5. The van der Waals surface area contributed by atoms with Crippen molar-refractivity contribution in [3.8, 4) is 0 Å². The van der Waals surface area contributed by atoms with Crippen LogP contribution < -0.4 is 16.0 Å². The predicted octanol–water partition coefficient (Wildman–Crippen LogP) is 3.64. The van der Waals surface area contributed by atoms with Crippen molar-refractivity contribution in [1.82, 2.24) is 16.0 Å². The van der Waals surface area contributed by atoms with Gasteiger partial charge in [0.05, 0.1) is 7.11 Å². The summed E-state index contributed by atoms with van der Waals surface area (Å²) in [4.78, 5) is 52.3. The van der Waals surface area contributed by atoms with Crippen LogP contribution in [0.3, 0.4) is 0 Å². The molecule has 1 atom stereocenters. The van der Waals surface area contributed by atoms with Crippen LogP contribution in [0.15, 0.2) is 35.3 Å². The molecule has 0 fully saturated rings. The smallest absolute Gasteiger partial charge is 0.437 e. The Bertz CT molecular complexity index is 936. The van der Waals surface area contributed by atoms with Gasteiger partial charge in [0.1, 0.15) is 23.9 Å². The van der Waals surface area contributed by atoms with Gasteiger partial charge >= 0.3 is 24.2 Å². The average molecular weight is 523 g/mol. The number of ether oxygens (including phenoxy) is 4. The van der Waals surface area contributed by atoms with Gasteiger partial charge in [0.2, 0.25) is 5.96 Å². The first-order valence-electron chi connectivity index (χ1n) is 11.8. The lowest BCUT2D eigenvalue weighted by atomic mass is 10.1. The van der Waals surface area contributed by atoms with Gasteiger partial charge in [-0.2, -0.15) is 0 Å². The van der Waals surface area contributed by atoms with E-state index >= 15 is 0 Å². The van der Waals surface area contributed by atoms with Gasteiger partial charge in [0.15, 0.2) is 0 Å². The van der Waals surface area contributed by atoms with Gasteiger partial charge in [-0.05, 0) is 59.9 Å². The van der Waals surface area contributed by atoms with E-state index in [0.29, 0.717) is 6.42 Å². The number of rotatable bonds is 8. The second-order valence-corrected chi connectivity index (χ2v) is 9.92. The first-order chi connectivity index (χ1) is 17.2. The Hall–Kier alpha value is -3.83. The van der Waals surface area contributed by atoms with Gasteiger partial charge in [-0.25, -0.2) is 19.2 Å². The molecule has 1 aromatic carbocycles. The minimum absolute atomic E-state index is 0.0446. The van der Waals surface area contributed by atoms with Gasteiger partial charge in [-0.1, -0.05) is 30.3 Å². The van der Waals surface area contributed by atoms with E-state index in [4.69, 9.17) is 18.9 Å². The van der Waals surface area contributed by atoms with Crippen LogP contribution in [0, 0.1) is 0 Å². The van der Waals surface area contributed by atoms with Crippen molar-refractivity contribution in [3.63, 3.8) is 0 Å². The first kappa shape index (κ1) is 31.2. The van der Waals surface area contributed by atoms with Crippen LogP contribution >= 0.6 is 0 Å². The van der Waals surface area contributed by atoms with Crippen LogP contribution in [0.4, 0.5) is 14.4 Å². The van der Waals surface area contributed by atoms with Crippen LogP contribution in [0.1, 0.15) is 59.9 Å². The number of nitrogens with zero attached hydrogens (tertiary/aromatic N) is 1. The molecule has 0 aliphatic carbocycles. The minimum atomic E-state index is -0.972. The highest BCUT2D eigenvalue weighted by Gasteiger charge is 2.23. The number of hydrogen-bond donors (Lipinski definition) is 3. The summed E-state index contributed by atoms with van der Waals surface area (Å²) in [6, 6.07) is 8.12. The number of guanidine groups is 1. The molecule has 0 bridgehead atoms. The number of hydrogen-bond acceptors (Lipinski definition) is 8. The lowest BCUT2D eigenvalue weighted by Crippen LogP contribution is -2.45. The summed E-state index contributed by atoms with van der Waals surface area (Å²) < 4.78 is 20.3. The Morgan fingerprint density at radius 2 is 1.54 bits per heavy atom. The van der Waals surface area contributed by atoms with Gasteiger partial charge in [0.25, 0.3) is 0 Å². The fraction of sp³-hybridized carbons (Fsp3) is 0.560. The molecule has 0 heterocycles. The Morgan fingerprint density at radius 3 is 2.11 bits per heavy atom. The van der Waals surface area contributed by atoms with Crippen LogP contribution in [0.2, 0.25) is 0 Å². The van der Waals surface area contributed by atoms with Gasteiger partial charge in [-0.3, -0.25) is 5.32 Å². The van der Waals surface area contributed by atoms with E-state index < -0.39 is 41.5 Å². The molecule has 0 aliphatic heterocycles. The van der Waals surface area contributed by atoms with Crippen molar-refractivity contribution in [1.29, 1.82) is 0 Å². The highest BCUT2D eigenvalue weighted by atomic mass is 16.6.